The number of ether oxygens (including phenoxy) is 1. The molecule has 120 valence electrons. The van der Waals surface area contributed by atoms with Crippen molar-refractivity contribution >= 4 is 11.8 Å². The average Bonchev–Trinajstić information content (AvgIpc) is 2.52. The number of rotatable bonds is 5. The van der Waals surface area contributed by atoms with Crippen molar-refractivity contribution in [3.8, 4) is 0 Å². The molecule has 0 saturated carbocycles. The van der Waals surface area contributed by atoms with Crippen LogP contribution in [0, 0.1) is 17.6 Å². The molecule has 1 aliphatic rings. The van der Waals surface area contributed by atoms with Gasteiger partial charge in [0.25, 0.3) is 5.91 Å². The van der Waals surface area contributed by atoms with E-state index in [1.807, 2.05) is 0 Å². The highest BCUT2D eigenvalue weighted by Gasteiger charge is 2.21. The van der Waals surface area contributed by atoms with Crippen molar-refractivity contribution in [1.82, 2.24) is 10.6 Å². The van der Waals surface area contributed by atoms with E-state index in [2.05, 4.69) is 10.6 Å². The van der Waals surface area contributed by atoms with Gasteiger partial charge in [0.15, 0.2) is 0 Å². The predicted molar refractivity (Wildman–Crippen MR) is 75.2 cm³/mol. The van der Waals surface area contributed by atoms with Gasteiger partial charge in [-0.15, -0.1) is 0 Å². The number of nitrogens with one attached hydrogen (secondary N) is 2. The molecule has 1 fully saturated rings. The maximum absolute atomic E-state index is 13.4. The number of amides is 2. The van der Waals surface area contributed by atoms with Crippen LogP contribution in [0.5, 0.6) is 0 Å². The molecule has 2 rings (SSSR count). The summed E-state index contributed by atoms with van der Waals surface area (Å²) in [6.07, 6.45) is 1.36. The molecule has 0 unspecified atom stereocenters. The first kappa shape index (κ1) is 16.4. The summed E-state index contributed by atoms with van der Waals surface area (Å²) in [6, 6.07) is 3.23. The number of halogens is 2. The maximum Gasteiger partial charge on any atom is 0.257 e. The standard InChI is InChI=1S/C15H18F2N2O3/c16-11-2-1-3-12(17)13(11)15(21)19-7-6-18-14(20)10-4-8-22-9-5-10/h1-3,10H,4-9H2,(H,18,20)(H,19,21). The fourth-order valence-electron chi connectivity index (χ4n) is 2.27. The fraction of sp³-hybridized carbons (Fsp3) is 0.467. The number of carbonyl (C=O) groups is 2. The number of carbonyl (C=O) groups excluding carboxylic acids is 2. The Hall–Kier alpha value is -2.02. The number of hydrogen-bond acceptors (Lipinski definition) is 3. The lowest BCUT2D eigenvalue weighted by Gasteiger charge is -2.21. The lowest BCUT2D eigenvalue weighted by atomic mass is 9.99. The molecule has 1 aromatic rings. The van der Waals surface area contributed by atoms with Crippen LogP contribution >= 0.6 is 0 Å². The molecule has 0 aromatic heterocycles. The van der Waals surface area contributed by atoms with E-state index in [1.165, 1.54) is 6.07 Å². The van der Waals surface area contributed by atoms with Crippen LogP contribution in [0.25, 0.3) is 0 Å². The van der Waals surface area contributed by atoms with Gasteiger partial charge in [0.2, 0.25) is 5.91 Å². The molecule has 1 aliphatic heterocycles. The highest BCUT2D eigenvalue weighted by molar-refractivity contribution is 5.94. The maximum atomic E-state index is 13.4. The smallest absolute Gasteiger partial charge is 0.257 e. The lowest BCUT2D eigenvalue weighted by molar-refractivity contribution is -0.127. The second kappa shape index (κ2) is 7.84. The van der Waals surface area contributed by atoms with E-state index in [4.69, 9.17) is 4.74 Å². The molecule has 1 heterocycles. The fourth-order valence-corrected chi connectivity index (χ4v) is 2.27. The van der Waals surface area contributed by atoms with Gasteiger partial charge >= 0.3 is 0 Å². The molecule has 7 heteroatoms. The monoisotopic (exact) mass is 312 g/mol. The van der Waals surface area contributed by atoms with Gasteiger partial charge in [-0.2, -0.15) is 0 Å². The van der Waals surface area contributed by atoms with E-state index >= 15 is 0 Å². The Morgan fingerprint density at radius 3 is 2.32 bits per heavy atom. The summed E-state index contributed by atoms with van der Waals surface area (Å²) in [5, 5.41) is 5.07. The molecule has 0 bridgehead atoms. The average molecular weight is 312 g/mol. The minimum atomic E-state index is -0.913. The third-order valence-electron chi connectivity index (χ3n) is 3.49. The molecule has 0 atom stereocenters. The molecule has 0 radical (unpaired) electrons. The Morgan fingerprint density at radius 1 is 1.09 bits per heavy atom. The largest absolute Gasteiger partial charge is 0.381 e. The van der Waals surface area contributed by atoms with Crippen LogP contribution in [-0.2, 0) is 9.53 Å². The molecule has 2 N–H and O–H groups in total. The first-order chi connectivity index (χ1) is 10.6. The number of benzene rings is 1. The van der Waals surface area contributed by atoms with E-state index in [0.717, 1.165) is 12.1 Å². The molecule has 0 spiro atoms. The SMILES string of the molecule is O=C(NCCNC(=O)C1CCOCC1)c1c(F)cccc1F. The van der Waals surface area contributed by atoms with Crippen LogP contribution in [0.3, 0.4) is 0 Å². The highest BCUT2D eigenvalue weighted by atomic mass is 19.1. The van der Waals surface area contributed by atoms with Crippen molar-refractivity contribution in [1.29, 1.82) is 0 Å². The lowest BCUT2D eigenvalue weighted by Crippen LogP contribution is -2.39. The highest BCUT2D eigenvalue weighted by Crippen LogP contribution is 2.14. The summed E-state index contributed by atoms with van der Waals surface area (Å²) in [5.74, 6) is -2.83. The molecular weight excluding hydrogens is 294 g/mol. The minimum Gasteiger partial charge on any atom is -0.381 e. The number of hydrogen-bond donors (Lipinski definition) is 2. The summed E-state index contributed by atoms with van der Waals surface area (Å²) in [4.78, 5) is 23.5. The molecule has 2 amide bonds. The molecule has 5 nitrogen and oxygen atoms in total. The van der Waals surface area contributed by atoms with Crippen LogP contribution < -0.4 is 10.6 Å². The Kier molecular flexibility index (Phi) is 5.83. The topological polar surface area (TPSA) is 67.4 Å². The van der Waals surface area contributed by atoms with Gasteiger partial charge in [0.05, 0.1) is 0 Å². The van der Waals surface area contributed by atoms with Crippen molar-refractivity contribution in [2.24, 2.45) is 5.92 Å². The summed E-state index contributed by atoms with van der Waals surface area (Å²) in [7, 11) is 0. The van der Waals surface area contributed by atoms with Crippen LogP contribution in [0.4, 0.5) is 8.78 Å². The molecule has 22 heavy (non-hydrogen) atoms. The van der Waals surface area contributed by atoms with Crippen molar-refractivity contribution in [2.75, 3.05) is 26.3 Å². The van der Waals surface area contributed by atoms with Crippen molar-refractivity contribution < 1.29 is 23.1 Å². The molecule has 1 aromatic carbocycles. The van der Waals surface area contributed by atoms with Crippen LogP contribution in [-0.4, -0.2) is 38.1 Å². The van der Waals surface area contributed by atoms with Crippen LogP contribution in [0.2, 0.25) is 0 Å². The molecular formula is C15H18F2N2O3. The van der Waals surface area contributed by atoms with Crippen molar-refractivity contribution in [2.45, 2.75) is 12.8 Å². The molecule has 0 aliphatic carbocycles. The van der Waals surface area contributed by atoms with Gasteiger partial charge in [-0.25, -0.2) is 8.78 Å². The van der Waals surface area contributed by atoms with Gasteiger partial charge in [0.1, 0.15) is 17.2 Å². The zero-order valence-corrected chi connectivity index (χ0v) is 12.0. The van der Waals surface area contributed by atoms with E-state index in [1.54, 1.807) is 0 Å². The Bertz CT molecular complexity index is 525. The van der Waals surface area contributed by atoms with Crippen molar-refractivity contribution in [3.63, 3.8) is 0 Å². The summed E-state index contributed by atoms with van der Waals surface area (Å²) >= 11 is 0. The Balaban J connectivity index is 1.74. The molecule has 1 saturated heterocycles. The zero-order chi connectivity index (χ0) is 15.9. The van der Waals surface area contributed by atoms with Gasteiger partial charge in [-0.3, -0.25) is 9.59 Å². The normalized spacial score (nSPS) is 15.4. The quantitative estimate of drug-likeness (QED) is 0.804. The summed E-state index contributed by atoms with van der Waals surface area (Å²) in [6.45, 7) is 1.45. The minimum absolute atomic E-state index is 0.0755. The van der Waals surface area contributed by atoms with E-state index < -0.39 is 23.1 Å². The van der Waals surface area contributed by atoms with Crippen LogP contribution in [0.15, 0.2) is 18.2 Å². The second-order valence-electron chi connectivity index (χ2n) is 5.03. The third kappa shape index (κ3) is 4.24. The van der Waals surface area contributed by atoms with Crippen LogP contribution in [0.1, 0.15) is 23.2 Å². The summed E-state index contributed by atoms with van der Waals surface area (Å²) in [5.41, 5.74) is -0.613. The van der Waals surface area contributed by atoms with Crippen molar-refractivity contribution in [3.05, 3.63) is 35.4 Å². The second-order valence-corrected chi connectivity index (χ2v) is 5.03. The predicted octanol–water partition coefficient (Wildman–Crippen LogP) is 1.24. The van der Waals surface area contributed by atoms with E-state index in [9.17, 15) is 18.4 Å². The first-order valence-electron chi connectivity index (χ1n) is 7.17. The van der Waals surface area contributed by atoms with E-state index in [-0.39, 0.29) is 24.9 Å². The van der Waals surface area contributed by atoms with Gasteiger partial charge in [-0.05, 0) is 25.0 Å². The van der Waals surface area contributed by atoms with Gasteiger partial charge < -0.3 is 15.4 Å². The third-order valence-corrected chi connectivity index (χ3v) is 3.49. The zero-order valence-electron chi connectivity index (χ0n) is 12.0. The van der Waals surface area contributed by atoms with Gasteiger partial charge in [-0.1, -0.05) is 6.07 Å². The Morgan fingerprint density at radius 2 is 1.68 bits per heavy atom. The van der Waals surface area contributed by atoms with Gasteiger partial charge in [0, 0.05) is 32.2 Å². The Labute approximate surface area is 127 Å². The van der Waals surface area contributed by atoms with E-state index in [0.29, 0.717) is 26.1 Å². The first-order valence-corrected chi connectivity index (χ1v) is 7.17. The summed E-state index contributed by atoms with van der Waals surface area (Å²) < 4.78 is 32.0.